The summed E-state index contributed by atoms with van der Waals surface area (Å²) >= 11 is 11.9. The zero-order valence-corrected chi connectivity index (χ0v) is 12.0. The van der Waals surface area contributed by atoms with Crippen LogP contribution in [0.3, 0.4) is 0 Å². The number of rotatable bonds is 3. The van der Waals surface area contributed by atoms with Gasteiger partial charge < -0.3 is 5.32 Å². The Morgan fingerprint density at radius 1 is 1.50 bits per heavy atom. The lowest BCUT2D eigenvalue weighted by molar-refractivity contribution is -0.115. The first-order valence-electron chi connectivity index (χ1n) is 5.67. The summed E-state index contributed by atoms with van der Waals surface area (Å²) in [6.45, 7) is 0. The highest BCUT2D eigenvalue weighted by atomic mass is 35.5. The fourth-order valence-electron chi connectivity index (χ4n) is 1.70. The molecule has 1 amide bonds. The van der Waals surface area contributed by atoms with Gasteiger partial charge in [-0.25, -0.2) is 0 Å². The molecule has 0 aliphatic carbocycles. The number of benzene rings is 1. The summed E-state index contributed by atoms with van der Waals surface area (Å²) < 4.78 is 1.46. The third-order valence-corrected chi connectivity index (χ3v) is 3.45. The van der Waals surface area contributed by atoms with Crippen LogP contribution in [0.1, 0.15) is 11.1 Å². The van der Waals surface area contributed by atoms with E-state index in [1.807, 2.05) is 6.07 Å². The molecule has 0 atom stereocenters. The van der Waals surface area contributed by atoms with Crippen LogP contribution in [0, 0.1) is 11.3 Å². The van der Waals surface area contributed by atoms with Gasteiger partial charge in [-0.1, -0.05) is 35.3 Å². The van der Waals surface area contributed by atoms with Crippen molar-refractivity contribution in [1.82, 2.24) is 9.78 Å². The molecule has 0 bridgehead atoms. The van der Waals surface area contributed by atoms with E-state index in [0.717, 1.165) is 0 Å². The Kier molecular flexibility index (Phi) is 4.28. The average molecular weight is 309 g/mol. The van der Waals surface area contributed by atoms with Gasteiger partial charge in [0.1, 0.15) is 11.6 Å². The lowest BCUT2D eigenvalue weighted by Crippen LogP contribution is -2.16. The molecule has 1 aromatic carbocycles. The molecule has 1 aromatic heterocycles. The predicted molar refractivity (Wildman–Crippen MR) is 76.7 cm³/mol. The van der Waals surface area contributed by atoms with Gasteiger partial charge in [0.15, 0.2) is 5.82 Å². The highest BCUT2D eigenvalue weighted by Crippen LogP contribution is 2.26. The van der Waals surface area contributed by atoms with Crippen LogP contribution in [0.2, 0.25) is 10.0 Å². The lowest BCUT2D eigenvalue weighted by atomic mass is 10.1. The maximum atomic E-state index is 12.0. The first-order chi connectivity index (χ1) is 9.51. The minimum Gasteiger partial charge on any atom is -0.308 e. The summed E-state index contributed by atoms with van der Waals surface area (Å²) in [5.41, 5.74) is 0.921. The van der Waals surface area contributed by atoms with Crippen molar-refractivity contribution in [3.63, 3.8) is 0 Å². The number of carbonyl (C=O) groups is 1. The third kappa shape index (κ3) is 3.10. The molecule has 0 saturated carbocycles. The van der Waals surface area contributed by atoms with Crippen molar-refractivity contribution in [3.05, 3.63) is 45.6 Å². The van der Waals surface area contributed by atoms with Gasteiger partial charge in [-0.3, -0.25) is 9.48 Å². The summed E-state index contributed by atoms with van der Waals surface area (Å²) in [4.78, 5) is 12.0. The number of carbonyl (C=O) groups excluding carboxylic acids is 1. The first kappa shape index (κ1) is 14.4. The molecule has 0 aliphatic heterocycles. The number of halogens is 2. The van der Waals surface area contributed by atoms with Crippen LogP contribution in [0.25, 0.3) is 0 Å². The summed E-state index contributed by atoms with van der Waals surface area (Å²) in [6, 6.07) is 7.05. The van der Waals surface area contributed by atoms with Gasteiger partial charge in [0, 0.05) is 13.2 Å². The molecule has 0 aliphatic rings. The zero-order chi connectivity index (χ0) is 14.7. The number of hydrogen-bond acceptors (Lipinski definition) is 3. The Hall–Kier alpha value is -2.03. The van der Waals surface area contributed by atoms with E-state index in [0.29, 0.717) is 21.2 Å². The second-order valence-corrected chi connectivity index (χ2v) is 4.90. The molecule has 0 spiro atoms. The summed E-state index contributed by atoms with van der Waals surface area (Å²) in [7, 11) is 1.67. The number of amides is 1. The van der Waals surface area contributed by atoms with E-state index in [2.05, 4.69) is 10.4 Å². The maximum Gasteiger partial charge on any atom is 0.230 e. The molecule has 0 saturated heterocycles. The van der Waals surface area contributed by atoms with Gasteiger partial charge in [0.2, 0.25) is 5.91 Å². The molecular formula is C13H10Cl2N4O. The molecule has 2 rings (SSSR count). The predicted octanol–water partition coefficient (Wildman–Crippen LogP) is 2.78. The number of aryl methyl sites for hydroxylation is 1. The average Bonchev–Trinajstić information content (AvgIpc) is 2.75. The quantitative estimate of drug-likeness (QED) is 0.947. The molecule has 0 unspecified atom stereocenters. The Balaban J connectivity index is 2.13. The van der Waals surface area contributed by atoms with Gasteiger partial charge in [-0.15, -0.1) is 0 Å². The smallest absolute Gasteiger partial charge is 0.230 e. The Labute approximate surface area is 125 Å². The van der Waals surface area contributed by atoms with Crippen molar-refractivity contribution in [3.8, 4) is 6.07 Å². The van der Waals surface area contributed by atoms with E-state index < -0.39 is 0 Å². The second-order valence-electron chi connectivity index (χ2n) is 4.11. The molecule has 0 fully saturated rings. The molecule has 2 aromatic rings. The van der Waals surface area contributed by atoms with Crippen LogP contribution in [0.4, 0.5) is 5.82 Å². The van der Waals surface area contributed by atoms with Crippen molar-refractivity contribution in [1.29, 1.82) is 5.26 Å². The number of aromatic nitrogens is 2. The number of anilines is 1. The molecule has 5 nitrogen and oxygen atoms in total. The lowest BCUT2D eigenvalue weighted by Gasteiger charge is -2.06. The van der Waals surface area contributed by atoms with E-state index in [9.17, 15) is 4.79 Å². The van der Waals surface area contributed by atoms with Crippen molar-refractivity contribution in [2.24, 2.45) is 7.05 Å². The fraction of sp³-hybridized carbons (Fsp3) is 0.154. The van der Waals surface area contributed by atoms with Crippen LogP contribution in [-0.4, -0.2) is 15.7 Å². The Bertz CT molecular complexity index is 697. The van der Waals surface area contributed by atoms with E-state index in [4.69, 9.17) is 28.5 Å². The Morgan fingerprint density at radius 2 is 2.25 bits per heavy atom. The van der Waals surface area contributed by atoms with Crippen LogP contribution in [0.5, 0.6) is 0 Å². The Morgan fingerprint density at radius 3 is 2.95 bits per heavy atom. The van der Waals surface area contributed by atoms with Crippen molar-refractivity contribution in [2.45, 2.75) is 6.42 Å². The number of nitriles is 1. The number of nitrogens with zero attached hydrogens (tertiary/aromatic N) is 3. The van der Waals surface area contributed by atoms with Gasteiger partial charge in [-0.05, 0) is 11.6 Å². The van der Waals surface area contributed by atoms with E-state index >= 15 is 0 Å². The molecular weight excluding hydrogens is 299 g/mol. The van der Waals surface area contributed by atoms with Crippen LogP contribution < -0.4 is 5.32 Å². The minimum atomic E-state index is -0.315. The zero-order valence-electron chi connectivity index (χ0n) is 10.5. The van der Waals surface area contributed by atoms with Crippen molar-refractivity contribution >= 4 is 34.9 Å². The third-order valence-electron chi connectivity index (χ3n) is 2.59. The minimum absolute atomic E-state index is 0.0564. The molecule has 20 heavy (non-hydrogen) atoms. The van der Waals surface area contributed by atoms with Crippen molar-refractivity contribution < 1.29 is 4.79 Å². The highest BCUT2D eigenvalue weighted by Gasteiger charge is 2.13. The molecule has 102 valence electrons. The van der Waals surface area contributed by atoms with Crippen LogP contribution >= 0.6 is 23.2 Å². The fourth-order valence-corrected chi connectivity index (χ4v) is 2.08. The van der Waals surface area contributed by atoms with Crippen molar-refractivity contribution in [2.75, 3.05) is 5.32 Å². The summed E-state index contributed by atoms with van der Waals surface area (Å²) in [5, 5.41) is 16.3. The molecule has 1 heterocycles. The SMILES string of the molecule is Cn1cc(C#N)c(NC(=O)Cc2cccc(Cl)c2Cl)n1. The molecule has 1 N–H and O–H groups in total. The second kappa shape index (κ2) is 5.95. The summed E-state index contributed by atoms with van der Waals surface area (Å²) in [6.07, 6.45) is 1.59. The maximum absolute atomic E-state index is 12.0. The van der Waals surface area contributed by atoms with E-state index in [1.165, 1.54) is 10.9 Å². The van der Waals surface area contributed by atoms with Gasteiger partial charge in [0.25, 0.3) is 0 Å². The first-order valence-corrected chi connectivity index (χ1v) is 6.43. The standard InChI is InChI=1S/C13H10Cl2N4O/c1-19-7-9(6-16)13(18-19)17-11(20)5-8-3-2-4-10(14)12(8)15/h2-4,7H,5H2,1H3,(H,17,18,20). The summed E-state index contributed by atoms with van der Waals surface area (Å²) in [5.74, 6) is -0.0810. The monoisotopic (exact) mass is 308 g/mol. The number of hydrogen-bond donors (Lipinski definition) is 1. The van der Waals surface area contributed by atoms with Crippen LogP contribution in [0.15, 0.2) is 24.4 Å². The number of nitrogens with one attached hydrogen (secondary N) is 1. The van der Waals surface area contributed by atoms with E-state index in [1.54, 1.807) is 25.2 Å². The van der Waals surface area contributed by atoms with Crippen LogP contribution in [-0.2, 0) is 18.3 Å². The van der Waals surface area contributed by atoms with Gasteiger partial charge in [0.05, 0.1) is 16.5 Å². The van der Waals surface area contributed by atoms with E-state index in [-0.39, 0.29) is 18.1 Å². The van der Waals surface area contributed by atoms with Gasteiger partial charge >= 0.3 is 0 Å². The topological polar surface area (TPSA) is 70.7 Å². The highest BCUT2D eigenvalue weighted by molar-refractivity contribution is 6.42. The normalized spacial score (nSPS) is 10.1. The molecule has 0 radical (unpaired) electrons. The molecule has 7 heteroatoms. The van der Waals surface area contributed by atoms with Gasteiger partial charge in [-0.2, -0.15) is 10.4 Å². The largest absolute Gasteiger partial charge is 0.308 e.